The van der Waals surface area contributed by atoms with E-state index in [-0.39, 0.29) is 21.4 Å². The minimum Gasteiger partial charge on any atom is -0.449 e. The summed E-state index contributed by atoms with van der Waals surface area (Å²) in [6.07, 6.45) is -0.000120. The zero-order valence-electron chi connectivity index (χ0n) is 14.0. The molecule has 0 radical (unpaired) electrons. The Hall–Kier alpha value is -2.30. The number of carbonyl (C=O) groups is 2. The number of hydrogen-bond donors (Lipinski definition) is 1. The minimum absolute atomic E-state index is 0.0144. The number of esters is 1. The van der Waals surface area contributed by atoms with Crippen LogP contribution < -0.4 is 5.32 Å². The summed E-state index contributed by atoms with van der Waals surface area (Å²) in [6, 6.07) is 5.05. The Labute approximate surface area is 168 Å². The van der Waals surface area contributed by atoms with Crippen molar-refractivity contribution >= 4 is 50.7 Å². The molecule has 1 heterocycles. The van der Waals surface area contributed by atoms with Gasteiger partial charge in [0.05, 0.1) is 20.5 Å². The summed E-state index contributed by atoms with van der Waals surface area (Å²) < 4.78 is 52.7. The summed E-state index contributed by atoms with van der Waals surface area (Å²) in [4.78, 5) is 27.3. The number of alkyl halides is 2. The molecule has 0 aliphatic carbocycles. The predicted molar refractivity (Wildman–Crippen MR) is 97.4 cm³/mol. The van der Waals surface area contributed by atoms with E-state index in [4.69, 9.17) is 27.9 Å². The van der Waals surface area contributed by atoms with Gasteiger partial charge in [-0.05, 0) is 37.3 Å². The van der Waals surface area contributed by atoms with Crippen LogP contribution in [0.4, 0.5) is 14.6 Å². The Bertz CT molecular complexity index is 1000. The molecule has 1 aromatic carbocycles. The maximum atomic E-state index is 12.5. The minimum atomic E-state index is -4.78. The van der Waals surface area contributed by atoms with Crippen molar-refractivity contribution in [3.8, 4) is 0 Å². The zero-order valence-corrected chi connectivity index (χ0v) is 16.4. The van der Waals surface area contributed by atoms with Crippen LogP contribution in [0.25, 0.3) is 0 Å². The number of benzene rings is 1. The van der Waals surface area contributed by atoms with Crippen molar-refractivity contribution in [3.63, 3.8) is 0 Å². The first-order valence-electron chi connectivity index (χ1n) is 7.47. The average Bonchev–Trinajstić information content (AvgIpc) is 2.63. The predicted octanol–water partition coefficient (Wildman–Crippen LogP) is 3.57. The standard InChI is InChI=1S/C16H12Cl2F2N2O5S/c1-8(14(23)22-13-12(18)6-10(17)7-21-13)27-15(24)9-2-4-11(5-3-9)28(25,26)16(19)20/h2-8,16H,1H3,(H,21,22,23)/t8-/m0/s1. The monoisotopic (exact) mass is 452 g/mol. The molecule has 12 heteroatoms. The third kappa shape index (κ3) is 5.15. The molecule has 28 heavy (non-hydrogen) atoms. The lowest BCUT2D eigenvalue weighted by Crippen LogP contribution is -2.30. The average molecular weight is 453 g/mol. The Balaban J connectivity index is 2.04. The Morgan fingerprint density at radius 1 is 1.18 bits per heavy atom. The second-order valence-corrected chi connectivity index (χ2v) is 8.11. The fraction of sp³-hybridized carbons (Fsp3) is 0.188. The largest absolute Gasteiger partial charge is 0.449 e. The van der Waals surface area contributed by atoms with E-state index >= 15 is 0 Å². The van der Waals surface area contributed by atoms with Crippen LogP contribution in [0, 0.1) is 0 Å². The van der Waals surface area contributed by atoms with E-state index in [0.717, 1.165) is 24.3 Å². The van der Waals surface area contributed by atoms with Crippen LogP contribution in [-0.2, 0) is 19.4 Å². The van der Waals surface area contributed by atoms with Crippen molar-refractivity contribution in [1.29, 1.82) is 0 Å². The zero-order chi connectivity index (χ0) is 21.1. The highest BCUT2D eigenvalue weighted by molar-refractivity contribution is 7.91. The number of pyridine rings is 1. The van der Waals surface area contributed by atoms with E-state index in [1.807, 2.05) is 0 Å². The van der Waals surface area contributed by atoms with Crippen molar-refractivity contribution in [2.24, 2.45) is 0 Å². The van der Waals surface area contributed by atoms with Gasteiger partial charge < -0.3 is 10.1 Å². The fourth-order valence-corrected chi connectivity index (χ4v) is 3.04. The number of hydrogen-bond acceptors (Lipinski definition) is 6. The molecular weight excluding hydrogens is 441 g/mol. The molecule has 0 unspecified atom stereocenters. The van der Waals surface area contributed by atoms with Gasteiger partial charge in [-0.1, -0.05) is 23.2 Å². The highest BCUT2D eigenvalue weighted by Crippen LogP contribution is 2.23. The van der Waals surface area contributed by atoms with Gasteiger partial charge in [0.2, 0.25) is 9.84 Å². The number of anilines is 1. The highest BCUT2D eigenvalue weighted by Gasteiger charge is 2.27. The number of rotatable bonds is 6. The molecule has 0 fully saturated rings. The molecule has 0 spiro atoms. The van der Waals surface area contributed by atoms with Crippen LogP contribution in [0.5, 0.6) is 0 Å². The smallest absolute Gasteiger partial charge is 0.341 e. The molecule has 0 aliphatic heterocycles. The van der Waals surface area contributed by atoms with Gasteiger partial charge in [-0.3, -0.25) is 4.79 Å². The van der Waals surface area contributed by atoms with Gasteiger partial charge in [0.15, 0.2) is 11.9 Å². The molecule has 2 rings (SSSR count). The topological polar surface area (TPSA) is 102 Å². The number of nitrogens with zero attached hydrogens (tertiary/aromatic N) is 1. The van der Waals surface area contributed by atoms with E-state index in [9.17, 15) is 26.8 Å². The summed E-state index contributed by atoms with van der Waals surface area (Å²) in [5, 5.41) is 2.70. The SMILES string of the molecule is C[C@H](OC(=O)c1ccc(S(=O)(=O)C(F)F)cc1)C(=O)Nc1ncc(Cl)cc1Cl. The maximum Gasteiger partial charge on any atom is 0.341 e. The van der Waals surface area contributed by atoms with Crippen molar-refractivity contribution in [1.82, 2.24) is 4.98 Å². The number of ether oxygens (including phenoxy) is 1. The molecule has 1 atom stereocenters. The highest BCUT2D eigenvalue weighted by atomic mass is 35.5. The molecule has 1 amide bonds. The number of halogens is 4. The van der Waals surface area contributed by atoms with E-state index < -0.39 is 38.5 Å². The summed E-state index contributed by atoms with van der Waals surface area (Å²) in [5.41, 5.74) is -0.129. The molecule has 1 aromatic heterocycles. The number of amides is 1. The molecule has 1 N–H and O–H groups in total. The van der Waals surface area contributed by atoms with Crippen LogP contribution in [0.2, 0.25) is 10.0 Å². The molecule has 0 saturated heterocycles. The van der Waals surface area contributed by atoms with E-state index in [1.165, 1.54) is 19.2 Å². The number of aromatic nitrogens is 1. The van der Waals surface area contributed by atoms with Crippen molar-refractivity contribution < 1.29 is 31.5 Å². The lowest BCUT2D eigenvalue weighted by molar-refractivity contribution is -0.123. The molecule has 0 aliphatic rings. The third-order valence-electron chi connectivity index (χ3n) is 3.36. The quantitative estimate of drug-likeness (QED) is 0.671. The van der Waals surface area contributed by atoms with Gasteiger partial charge in [0, 0.05) is 6.20 Å². The Morgan fingerprint density at radius 3 is 2.32 bits per heavy atom. The summed E-state index contributed by atoms with van der Waals surface area (Å²) in [6.45, 7) is 1.28. The molecule has 2 aromatic rings. The molecule has 0 bridgehead atoms. The third-order valence-corrected chi connectivity index (χ3v) is 5.25. The normalized spacial score (nSPS) is 12.5. The lowest BCUT2D eigenvalue weighted by Gasteiger charge is -2.14. The maximum absolute atomic E-state index is 12.5. The fourth-order valence-electron chi connectivity index (χ4n) is 1.89. The van der Waals surface area contributed by atoms with E-state index in [2.05, 4.69) is 10.3 Å². The molecule has 7 nitrogen and oxygen atoms in total. The Kier molecular flexibility index (Phi) is 6.91. The second-order valence-electron chi connectivity index (χ2n) is 5.35. The van der Waals surface area contributed by atoms with Crippen molar-refractivity contribution in [2.75, 3.05) is 5.32 Å². The summed E-state index contributed by atoms with van der Waals surface area (Å²) in [5.74, 6) is -5.26. The van der Waals surface area contributed by atoms with Gasteiger partial charge in [-0.25, -0.2) is 18.2 Å². The van der Waals surface area contributed by atoms with Gasteiger partial charge in [-0.15, -0.1) is 0 Å². The van der Waals surface area contributed by atoms with Crippen molar-refractivity contribution in [2.45, 2.75) is 23.7 Å². The summed E-state index contributed by atoms with van der Waals surface area (Å²) >= 11 is 11.6. The second kappa shape index (κ2) is 8.80. The summed E-state index contributed by atoms with van der Waals surface area (Å²) in [7, 11) is -4.78. The Morgan fingerprint density at radius 2 is 1.79 bits per heavy atom. The number of nitrogens with one attached hydrogen (secondary N) is 1. The van der Waals surface area contributed by atoms with Gasteiger partial charge >= 0.3 is 11.7 Å². The van der Waals surface area contributed by atoms with Crippen molar-refractivity contribution in [3.05, 3.63) is 52.1 Å². The van der Waals surface area contributed by atoms with Gasteiger partial charge in [-0.2, -0.15) is 8.78 Å². The molecular formula is C16H12Cl2F2N2O5S. The molecule has 150 valence electrons. The van der Waals surface area contributed by atoms with Gasteiger partial charge in [0.25, 0.3) is 5.91 Å². The van der Waals surface area contributed by atoms with Crippen LogP contribution in [0.1, 0.15) is 17.3 Å². The van der Waals surface area contributed by atoms with E-state index in [1.54, 1.807) is 0 Å². The van der Waals surface area contributed by atoms with Crippen LogP contribution >= 0.6 is 23.2 Å². The van der Waals surface area contributed by atoms with Gasteiger partial charge in [0.1, 0.15) is 0 Å². The van der Waals surface area contributed by atoms with Crippen LogP contribution in [0.3, 0.4) is 0 Å². The lowest BCUT2D eigenvalue weighted by atomic mass is 10.2. The molecule has 0 saturated carbocycles. The van der Waals surface area contributed by atoms with Crippen LogP contribution in [0.15, 0.2) is 41.4 Å². The van der Waals surface area contributed by atoms with Crippen LogP contribution in [-0.4, -0.2) is 37.1 Å². The first-order valence-corrected chi connectivity index (χ1v) is 9.77. The van der Waals surface area contributed by atoms with E-state index in [0.29, 0.717) is 0 Å². The number of sulfone groups is 1. The first kappa shape index (κ1) is 22.0. The first-order chi connectivity index (χ1) is 13.0. The number of carbonyl (C=O) groups excluding carboxylic acids is 2.